The van der Waals surface area contributed by atoms with E-state index in [4.69, 9.17) is 4.74 Å². The maximum absolute atomic E-state index is 13.1. The Hall–Kier alpha value is -3.16. The number of nitro benzene ring substituents is 1. The van der Waals surface area contributed by atoms with E-state index in [0.717, 1.165) is 5.69 Å². The highest BCUT2D eigenvalue weighted by Gasteiger charge is 2.22. The number of hydrogen-bond acceptors (Lipinski definition) is 5. The summed E-state index contributed by atoms with van der Waals surface area (Å²) in [7, 11) is 0. The van der Waals surface area contributed by atoms with Crippen molar-refractivity contribution in [3.63, 3.8) is 0 Å². The van der Waals surface area contributed by atoms with E-state index in [1.54, 1.807) is 17.0 Å². The summed E-state index contributed by atoms with van der Waals surface area (Å²) < 4.78 is 18.4. The molecule has 0 atom stereocenters. The molecule has 0 spiro atoms. The zero-order valence-corrected chi connectivity index (χ0v) is 14.0. The minimum atomic E-state index is -0.424. The van der Waals surface area contributed by atoms with Gasteiger partial charge in [-0.05, 0) is 18.2 Å². The van der Waals surface area contributed by atoms with Crippen molar-refractivity contribution in [2.24, 2.45) is 0 Å². The van der Waals surface area contributed by atoms with Crippen molar-refractivity contribution in [2.45, 2.75) is 0 Å². The Kier molecular flexibility index (Phi) is 5.31. The Labute approximate surface area is 149 Å². The third kappa shape index (κ3) is 4.27. The zero-order valence-electron chi connectivity index (χ0n) is 14.0. The van der Waals surface area contributed by atoms with Gasteiger partial charge in [0.1, 0.15) is 11.6 Å². The lowest BCUT2D eigenvalue weighted by molar-refractivity contribution is -0.384. The normalized spacial score (nSPS) is 14.2. The second kappa shape index (κ2) is 7.81. The van der Waals surface area contributed by atoms with Crippen LogP contribution in [0, 0.1) is 15.9 Å². The summed E-state index contributed by atoms with van der Waals surface area (Å²) >= 11 is 0. The molecule has 2 aromatic rings. The zero-order chi connectivity index (χ0) is 18.5. The van der Waals surface area contributed by atoms with Crippen LogP contribution in [0.15, 0.2) is 48.5 Å². The number of hydrogen-bond donors (Lipinski definition) is 0. The molecule has 0 N–H and O–H groups in total. The van der Waals surface area contributed by atoms with Crippen LogP contribution in [-0.2, 0) is 4.79 Å². The summed E-state index contributed by atoms with van der Waals surface area (Å²) in [6.07, 6.45) is 0. The average molecular weight is 359 g/mol. The third-order valence-electron chi connectivity index (χ3n) is 4.20. The Morgan fingerprint density at radius 1 is 1.12 bits per heavy atom. The van der Waals surface area contributed by atoms with E-state index in [-0.39, 0.29) is 18.2 Å². The van der Waals surface area contributed by atoms with Crippen LogP contribution in [0.5, 0.6) is 5.75 Å². The van der Waals surface area contributed by atoms with E-state index in [2.05, 4.69) is 0 Å². The first-order valence-corrected chi connectivity index (χ1v) is 8.18. The molecule has 0 saturated carbocycles. The second-order valence-electron chi connectivity index (χ2n) is 5.89. The number of ether oxygens (including phenoxy) is 1. The van der Waals surface area contributed by atoms with E-state index < -0.39 is 10.7 Å². The molecule has 7 nitrogen and oxygen atoms in total. The summed E-state index contributed by atoms with van der Waals surface area (Å²) in [5.41, 5.74) is 0.812. The number of non-ortho nitro benzene ring substituents is 1. The predicted molar refractivity (Wildman–Crippen MR) is 93.8 cm³/mol. The van der Waals surface area contributed by atoms with Crippen molar-refractivity contribution in [3.8, 4) is 5.75 Å². The minimum Gasteiger partial charge on any atom is -0.484 e. The lowest BCUT2D eigenvalue weighted by atomic mass is 10.2. The largest absolute Gasteiger partial charge is 0.484 e. The molecule has 1 aliphatic heterocycles. The van der Waals surface area contributed by atoms with Crippen LogP contribution in [0.25, 0.3) is 0 Å². The van der Waals surface area contributed by atoms with Gasteiger partial charge in [0.2, 0.25) is 0 Å². The van der Waals surface area contributed by atoms with E-state index in [0.29, 0.717) is 31.9 Å². The molecule has 1 amide bonds. The van der Waals surface area contributed by atoms with Gasteiger partial charge in [-0.15, -0.1) is 0 Å². The topological polar surface area (TPSA) is 75.9 Å². The van der Waals surface area contributed by atoms with Crippen LogP contribution < -0.4 is 9.64 Å². The van der Waals surface area contributed by atoms with E-state index in [1.165, 1.54) is 30.3 Å². The minimum absolute atomic E-state index is 0.0458. The molecule has 1 heterocycles. The molecular weight excluding hydrogens is 341 g/mol. The Morgan fingerprint density at radius 3 is 2.54 bits per heavy atom. The van der Waals surface area contributed by atoms with Crippen LogP contribution in [0.1, 0.15) is 0 Å². The van der Waals surface area contributed by atoms with Crippen LogP contribution in [-0.4, -0.2) is 48.5 Å². The van der Waals surface area contributed by atoms with Gasteiger partial charge in [0.25, 0.3) is 11.6 Å². The molecule has 0 aliphatic carbocycles. The SMILES string of the molecule is O=C(COc1cccc(F)c1)N1CCN(c2cccc([N+](=O)[O-])c2)CC1. The number of halogens is 1. The Bertz CT molecular complexity index is 807. The van der Waals surface area contributed by atoms with Gasteiger partial charge >= 0.3 is 0 Å². The molecular formula is C18H18FN3O4. The number of benzene rings is 2. The van der Waals surface area contributed by atoms with E-state index >= 15 is 0 Å². The lowest BCUT2D eigenvalue weighted by Crippen LogP contribution is -2.50. The Balaban J connectivity index is 1.52. The first-order valence-electron chi connectivity index (χ1n) is 8.18. The lowest BCUT2D eigenvalue weighted by Gasteiger charge is -2.36. The van der Waals surface area contributed by atoms with Gasteiger partial charge in [0, 0.05) is 50.1 Å². The molecule has 0 aromatic heterocycles. The number of carbonyl (C=O) groups is 1. The van der Waals surface area contributed by atoms with Crippen molar-refractivity contribution < 1.29 is 18.8 Å². The fourth-order valence-electron chi connectivity index (χ4n) is 2.81. The average Bonchev–Trinajstić information content (AvgIpc) is 2.66. The van der Waals surface area contributed by atoms with Gasteiger partial charge in [0.05, 0.1) is 4.92 Å². The maximum Gasteiger partial charge on any atom is 0.271 e. The van der Waals surface area contributed by atoms with Crippen molar-refractivity contribution in [2.75, 3.05) is 37.7 Å². The Morgan fingerprint density at radius 2 is 1.85 bits per heavy atom. The van der Waals surface area contributed by atoms with Gasteiger partial charge in [-0.1, -0.05) is 12.1 Å². The molecule has 0 radical (unpaired) electrons. The molecule has 2 aromatic carbocycles. The van der Waals surface area contributed by atoms with Gasteiger partial charge < -0.3 is 14.5 Å². The maximum atomic E-state index is 13.1. The fraction of sp³-hybridized carbons (Fsp3) is 0.278. The standard InChI is InChI=1S/C18H18FN3O4/c19-14-3-1-6-17(11-14)26-13-18(23)21-9-7-20(8-10-21)15-4-2-5-16(12-15)22(24)25/h1-6,11-12H,7-10,13H2. The van der Waals surface area contributed by atoms with E-state index in [1.807, 2.05) is 11.0 Å². The number of amides is 1. The summed E-state index contributed by atoms with van der Waals surface area (Å²) in [4.78, 5) is 26.4. The third-order valence-corrected chi connectivity index (χ3v) is 4.20. The van der Waals surface area contributed by atoms with Gasteiger partial charge in [-0.2, -0.15) is 0 Å². The molecule has 0 bridgehead atoms. The first kappa shape index (κ1) is 17.7. The molecule has 0 unspecified atom stereocenters. The van der Waals surface area contributed by atoms with Crippen LogP contribution in [0.2, 0.25) is 0 Å². The molecule has 1 fully saturated rings. The van der Waals surface area contributed by atoms with Gasteiger partial charge in [-0.25, -0.2) is 4.39 Å². The number of piperazine rings is 1. The first-order chi connectivity index (χ1) is 12.5. The molecule has 26 heavy (non-hydrogen) atoms. The van der Waals surface area contributed by atoms with E-state index in [9.17, 15) is 19.3 Å². The molecule has 8 heteroatoms. The van der Waals surface area contributed by atoms with Gasteiger partial charge in [0.15, 0.2) is 6.61 Å². The molecule has 1 aliphatic rings. The van der Waals surface area contributed by atoms with Crippen LogP contribution in [0.4, 0.5) is 15.8 Å². The summed E-state index contributed by atoms with van der Waals surface area (Å²) in [5.74, 6) is -0.276. The number of rotatable bonds is 5. The van der Waals surface area contributed by atoms with Crippen molar-refractivity contribution >= 4 is 17.3 Å². The fourth-order valence-corrected chi connectivity index (χ4v) is 2.81. The number of nitrogens with zero attached hydrogens (tertiary/aromatic N) is 3. The number of carbonyl (C=O) groups excluding carboxylic acids is 1. The molecule has 136 valence electrons. The van der Waals surface area contributed by atoms with Crippen LogP contribution >= 0.6 is 0 Å². The summed E-state index contributed by atoms with van der Waals surface area (Å²) in [5, 5.41) is 10.9. The van der Waals surface area contributed by atoms with Crippen LogP contribution in [0.3, 0.4) is 0 Å². The smallest absolute Gasteiger partial charge is 0.271 e. The predicted octanol–water partition coefficient (Wildman–Crippen LogP) is 2.46. The number of anilines is 1. The monoisotopic (exact) mass is 359 g/mol. The van der Waals surface area contributed by atoms with Crippen molar-refractivity contribution in [3.05, 3.63) is 64.5 Å². The summed E-state index contributed by atoms with van der Waals surface area (Å²) in [6.45, 7) is 1.99. The molecule has 1 saturated heterocycles. The van der Waals surface area contributed by atoms with Crippen molar-refractivity contribution in [1.82, 2.24) is 4.90 Å². The summed E-state index contributed by atoms with van der Waals surface area (Å²) in [6, 6.07) is 12.1. The quantitative estimate of drug-likeness (QED) is 0.605. The highest BCUT2D eigenvalue weighted by Crippen LogP contribution is 2.22. The second-order valence-corrected chi connectivity index (χ2v) is 5.89. The van der Waals surface area contributed by atoms with Crippen molar-refractivity contribution in [1.29, 1.82) is 0 Å². The molecule has 3 rings (SSSR count). The number of nitro groups is 1. The van der Waals surface area contributed by atoms with Gasteiger partial charge in [-0.3, -0.25) is 14.9 Å². The highest BCUT2D eigenvalue weighted by molar-refractivity contribution is 5.78. The highest BCUT2D eigenvalue weighted by atomic mass is 19.1.